The van der Waals surface area contributed by atoms with E-state index in [0.717, 1.165) is 182 Å². The fourth-order valence-electron chi connectivity index (χ4n) is 17.5. The summed E-state index contributed by atoms with van der Waals surface area (Å²) in [6.07, 6.45) is -1.28. The van der Waals surface area contributed by atoms with E-state index < -0.39 is 34.7 Å². The van der Waals surface area contributed by atoms with Crippen LogP contribution in [0.2, 0.25) is 0 Å². The van der Waals surface area contributed by atoms with Crippen molar-refractivity contribution in [1.29, 1.82) is 0 Å². The summed E-state index contributed by atoms with van der Waals surface area (Å²) >= 11 is 4.72. The van der Waals surface area contributed by atoms with Gasteiger partial charge in [0.15, 0.2) is 23.0 Å². The number of benzene rings is 12. The van der Waals surface area contributed by atoms with Gasteiger partial charge in [-0.15, -0.1) is 45.3 Å². The predicted molar refractivity (Wildman–Crippen MR) is 558 cm³/mol. The zero-order valence-corrected chi connectivity index (χ0v) is 83.6. The average Bonchev–Trinajstić information content (AvgIpc) is 1.61. The van der Waals surface area contributed by atoms with Crippen LogP contribution in [0.15, 0.2) is 267 Å². The third kappa shape index (κ3) is 26.4. The lowest BCUT2D eigenvalue weighted by atomic mass is 10.0. The number of hydrogen-bond acceptors (Lipinski definition) is 24. The van der Waals surface area contributed by atoms with E-state index in [9.17, 15) is 74.7 Å². The Hall–Kier alpha value is -14.0. The molecular formula is C115H106F8N4O16S4. The number of phenols is 4. The predicted octanol–water partition coefficient (Wildman–Crippen LogP) is 27.0. The number of ether oxygens (including phenoxy) is 8. The van der Waals surface area contributed by atoms with Crippen molar-refractivity contribution in [3.05, 3.63) is 331 Å². The van der Waals surface area contributed by atoms with Crippen molar-refractivity contribution in [2.24, 2.45) is 23.7 Å². The third-order valence-corrected chi connectivity index (χ3v) is 29.9. The third-order valence-electron chi connectivity index (χ3n) is 25.4. The Labute approximate surface area is 859 Å². The van der Waals surface area contributed by atoms with Crippen LogP contribution < -0.4 is 37.9 Å². The molecule has 762 valence electrons. The summed E-state index contributed by atoms with van der Waals surface area (Å²) in [4.78, 5) is 63.6. The van der Waals surface area contributed by atoms with Gasteiger partial charge in [0.25, 0.3) is 0 Å². The molecule has 0 aliphatic carbocycles. The number of carbonyl (C=O) groups excluding carboxylic acids is 4. The van der Waals surface area contributed by atoms with E-state index in [1.54, 1.807) is 109 Å². The number of phenolic OH excluding ortho intramolecular Hbond substituents is 4. The number of hydrogen-bond donors (Lipinski definition) is 4. The number of aromatic hydroxyl groups is 4. The molecule has 20 rings (SSSR count). The van der Waals surface area contributed by atoms with Crippen LogP contribution in [0.5, 0.6) is 92.0 Å². The Bertz CT molecular complexity index is 7040. The topological polar surface area (TPSA) is 236 Å². The standard InChI is InChI=1S/C29H25F4NO4S.2C29H28FNO4S.C28H25F2NO4S/c30-15-18-16-34(17-18)12-3-13-37-20-7-9-21(10-8-20)38-27-23-11-6-19(35)14-25(23)39-28(27)26(36)22-4-1-2-5-24(22)29(31,32)33;1-19-3-5-21(6-4-19)27(33)29-28(25-12-7-22(32)15-26(25)36-29)35-24-10-8-23(9-11-24)34-14-2-13-31-17-20(16-30)18-31;1-19-5-2-3-6-24(19)27(33)29-28(25-12-7-21(32)15-26(25)36-29)35-23-10-8-22(9-11-23)34-14-4-13-31-17-20(16-30)18-31;29-15-18-16-31(17-18)12-3-13-34-20-7-9-21(10-8-20)35-27-23-11-6-19(32)14-25(23)36-28(27)26(33)22-4-1-2-5-24(22)30/h1-2,4-11,14,18,35H,3,12-13,15-17H2;3-12,15,20,32H,2,13-14,16-18H2,1H3;2-3,5-12,15,20,32H,4,13-14,16-18H2,1H3;1-2,4-11,14,18,32H,3,12-13,15-17H2. The molecule has 0 unspecified atom stereocenters. The van der Waals surface area contributed by atoms with Gasteiger partial charge in [-0.1, -0.05) is 84.4 Å². The summed E-state index contributed by atoms with van der Waals surface area (Å²) in [5, 5.41) is 42.4. The molecule has 0 radical (unpaired) electrons. The number of thiophene rings is 4. The highest BCUT2D eigenvalue weighted by molar-refractivity contribution is 7.22. The molecule has 0 bridgehead atoms. The maximum absolute atomic E-state index is 14.3. The maximum atomic E-state index is 14.3. The maximum Gasteiger partial charge on any atom is 0.417 e. The molecule has 4 saturated heterocycles. The van der Waals surface area contributed by atoms with Crippen LogP contribution in [0.3, 0.4) is 0 Å². The molecule has 0 atom stereocenters. The van der Waals surface area contributed by atoms with Crippen LogP contribution in [0, 0.1) is 43.3 Å². The number of halogens is 8. The van der Waals surface area contributed by atoms with Crippen LogP contribution in [0.25, 0.3) is 40.3 Å². The van der Waals surface area contributed by atoms with Crippen LogP contribution in [-0.2, 0) is 6.18 Å². The van der Waals surface area contributed by atoms with Crippen LogP contribution in [0.1, 0.15) is 103 Å². The Morgan fingerprint density at radius 1 is 0.320 bits per heavy atom. The van der Waals surface area contributed by atoms with E-state index >= 15 is 0 Å². The van der Waals surface area contributed by atoms with Gasteiger partial charge in [-0.3, -0.25) is 36.7 Å². The summed E-state index contributed by atoms with van der Waals surface area (Å²) < 4.78 is 156. The van der Waals surface area contributed by atoms with Gasteiger partial charge in [-0.2, -0.15) is 13.2 Å². The molecule has 8 heterocycles. The summed E-state index contributed by atoms with van der Waals surface area (Å²) in [6.45, 7) is 15.3. The van der Waals surface area contributed by atoms with Crippen molar-refractivity contribution in [3.8, 4) is 92.0 Å². The molecule has 4 fully saturated rings. The smallest absolute Gasteiger partial charge is 0.417 e. The number of alkyl halides is 7. The van der Waals surface area contributed by atoms with Crippen LogP contribution in [-0.4, -0.2) is 195 Å². The fraction of sp³-hybridized carbons (Fsp3) is 0.270. The minimum absolute atomic E-state index is 0.00591. The second kappa shape index (κ2) is 48.6. The number of nitrogens with zero attached hydrogens (tertiary/aromatic N) is 4. The minimum atomic E-state index is -4.70. The van der Waals surface area contributed by atoms with Gasteiger partial charge in [0.2, 0.25) is 23.1 Å². The number of fused-ring (bicyclic) bond motifs is 4. The molecular weight excluding hydrogens is 1970 g/mol. The van der Waals surface area contributed by atoms with Crippen molar-refractivity contribution < 1.29 is 113 Å². The molecule has 4 aliphatic heterocycles. The van der Waals surface area contributed by atoms with Crippen LogP contribution >= 0.6 is 45.3 Å². The van der Waals surface area contributed by atoms with Gasteiger partial charge in [-0.05, 0) is 233 Å². The number of likely N-dealkylation sites (tertiary alicyclic amines) is 4. The van der Waals surface area contributed by atoms with Crippen molar-refractivity contribution in [2.75, 3.05) is 132 Å². The van der Waals surface area contributed by atoms with E-state index in [0.29, 0.717) is 119 Å². The molecule has 0 amide bonds. The second-order valence-corrected chi connectivity index (χ2v) is 40.7. The second-order valence-electron chi connectivity index (χ2n) is 36.5. The van der Waals surface area contributed by atoms with E-state index in [-0.39, 0.29) is 106 Å². The summed E-state index contributed by atoms with van der Waals surface area (Å²) in [6, 6.07) is 73.1. The van der Waals surface area contributed by atoms with Crippen molar-refractivity contribution in [2.45, 2.75) is 45.7 Å². The van der Waals surface area contributed by atoms with E-state index in [1.807, 2.05) is 111 Å². The lowest BCUT2D eigenvalue weighted by Crippen LogP contribution is -2.48. The quantitative estimate of drug-likeness (QED) is 0.0159. The molecule has 0 saturated carbocycles. The first-order valence-electron chi connectivity index (χ1n) is 48.3. The van der Waals surface area contributed by atoms with E-state index in [2.05, 4.69) is 19.6 Å². The number of rotatable bonds is 40. The number of ketones is 4. The largest absolute Gasteiger partial charge is 0.508 e. The molecule has 4 aromatic heterocycles. The Balaban J connectivity index is 0.000000134. The molecule has 20 nitrogen and oxygen atoms in total. The van der Waals surface area contributed by atoms with Gasteiger partial charge in [0, 0.05) is 159 Å². The lowest BCUT2D eigenvalue weighted by molar-refractivity contribution is -0.137. The van der Waals surface area contributed by atoms with E-state index in [4.69, 9.17) is 37.9 Å². The first-order chi connectivity index (χ1) is 71.2. The molecule has 147 heavy (non-hydrogen) atoms. The SMILES string of the molecule is Cc1ccc(C(=O)c2sc3cc(O)ccc3c2Oc2ccc(OCCCN3CC(CF)C3)cc2)cc1.Cc1ccccc1C(=O)c1sc2cc(O)ccc2c1Oc1ccc(OCCCN2CC(CF)C2)cc1.O=C(c1ccccc1C(F)(F)F)c1sc2cc(O)ccc2c1Oc1ccc(OCCCN2CC(CF)C2)cc1.O=C(c1ccccc1F)c1sc2cc(O)ccc2c1Oc1ccc(OCCCN2CC(CF)C2)cc1. The van der Waals surface area contributed by atoms with Gasteiger partial charge < -0.3 is 77.9 Å². The van der Waals surface area contributed by atoms with Gasteiger partial charge in [0.1, 0.15) is 94.3 Å². The first-order valence-corrected chi connectivity index (χ1v) is 51.5. The molecule has 12 aromatic carbocycles. The lowest BCUT2D eigenvalue weighted by Gasteiger charge is -2.37. The van der Waals surface area contributed by atoms with Crippen molar-refractivity contribution in [1.82, 2.24) is 19.6 Å². The zero-order valence-electron chi connectivity index (χ0n) is 80.3. The first kappa shape index (κ1) is 104. The minimum Gasteiger partial charge on any atom is -0.508 e. The molecule has 16 aromatic rings. The van der Waals surface area contributed by atoms with Gasteiger partial charge >= 0.3 is 6.18 Å². The highest BCUT2D eigenvalue weighted by Crippen LogP contribution is 2.50. The zero-order chi connectivity index (χ0) is 103. The number of carbonyl (C=O) groups is 4. The summed E-state index contributed by atoms with van der Waals surface area (Å²) in [5.74, 6) is 5.15. The normalized spacial score (nSPS) is 14.1. The average molecular weight is 2080 g/mol. The Morgan fingerprint density at radius 2 is 0.585 bits per heavy atom. The summed E-state index contributed by atoms with van der Waals surface area (Å²) in [7, 11) is 0. The van der Waals surface area contributed by atoms with E-state index in [1.165, 1.54) is 71.2 Å². The van der Waals surface area contributed by atoms with Crippen LogP contribution in [0.4, 0.5) is 35.1 Å². The molecule has 0 spiro atoms. The fourth-order valence-corrected chi connectivity index (χ4v) is 22.0. The van der Waals surface area contributed by atoms with Crippen molar-refractivity contribution in [3.63, 3.8) is 0 Å². The monoisotopic (exact) mass is 2080 g/mol. The summed E-state index contributed by atoms with van der Waals surface area (Å²) in [5.41, 5.74) is 1.64. The molecule has 4 aliphatic rings. The highest BCUT2D eigenvalue weighted by Gasteiger charge is 2.38. The Morgan fingerprint density at radius 3 is 0.884 bits per heavy atom. The van der Waals surface area contributed by atoms with Crippen molar-refractivity contribution >= 4 is 109 Å². The highest BCUT2D eigenvalue weighted by atomic mass is 32.1. The molecule has 32 heteroatoms. The Kier molecular flexibility index (Phi) is 34.5. The van der Waals surface area contributed by atoms with Gasteiger partial charge in [-0.25, -0.2) is 4.39 Å². The van der Waals surface area contributed by atoms with Gasteiger partial charge in [0.05, 0.1) is 64.3 Å². The molecule has 4 N–H and O–H groups in total. The number of aryl methyl sites for hydroxylation is 2.